The predicted molar refractivity (Wildman–Crippen MR) is 59.1 cm³/mol. The number of halogens is 1. The van der Waals surface area contributed by atoms with Crippen LogP contribution in [0.15, 0.2) is 35.3 Å². The second-order valence-corrected chi connectivity index (χ2v) is 3.72. The predicted octanol–water partition coefficient (Wildman–Crippen LogP) is 3.46. The van der Waals surface area contributed by atoms with Gasteiger partial charge in [0.25, 0.3) is 5.69 Å². The van der Waals surface area contributed by atoms with Gasteiger partial charge in [0.05, 0.1) is 4.92 Å². The Kier molecular flexibility index (Phi) is 3.41. The zero-order valence-corrected chi connectivity index (χ0v) is 9.03. The van der Waals surface area contributed by atoms with E-state index in [0.29, 0.717) is 5.56 Å². The Morgan fingerprint density at radius 1 is 1.57 bits per heavy atom. The highest BCUT2D eigenvalue weighted by atomic mass is 79.9. The summed E-state index contributed by atoms with van der Waals surface area (Å²) in [5.74, 6) is -0.270. The van der Waals surface area contributed by atoms with Gasteiger partial charge < -0.3 is 0 Å². The molecule has 1 aromatic carbocycles. The lowest BCUT2D eigenvalue weighted by Gasteiger charge is -2.07. The lowest BCUT2D eigenvalue weighted by molar-refractivity contribution is -0.385. The number of nitrogens with zero attached hydrogens (tertiary/aromatic N) is 1. The van der Waals surface area contributed by atoms with Crippen molar-refractivity contribution in [3.8, 4) is 0 Å². The molecule has 4 heteroatoms. The molecule has 73 valence electrons. The summed E-state index contributed by atoms with van der Waals surface area (Å²) in [6.07, 6.45) is 1.58. The fraction of sp³-hybridized carbons (Fsp3) is 0.100. The Morgan fingerprint density at radius 2 is 2.21 bits per heavy atom. The number of rotatable bonds is 3. The van der Waals surface area contributed by atoms with Crippen LogP contribution in [0.25, 0.3) is 0 Å². The standard InChI is InChI=1S/C10H9BrNO2/c1-3-7(2)9-6-8(11)4-5-10(9)12(13)14/h3-7H,1-2H2. The zero-order chi connectivity index (χ0) is 10.7. The summed E-state index contributed by atoms with van der Waals surface area (Å²) in [6.45, 7) is 7.33. The highest BCUT2D eigenvalue weighted by Crippen LogP contribution is 2.29. The molecule has 0 aliphatic rings. The molecule has 0 aromatic heterocycles. The molecule has 3 nitrogen and oxygen atoms in total. The third-order valence-electron chi connectivity index (χ3n) is 1.87. The van der Waals surface area contributed by atoms with E-state index in [1.54, 1.807) is 18.2 Å². The maximum atomic E-state index is 10.7. The molecule has 0 saturated carbocycles. The Balaban J connectivity index is 3.29. The molecule has 0 amide bonds. The third kappa shape index (κ3) is 2.20. The van der Waals surface area contributed by atoms with Gasteiger partial charge in [-0.15, -0.1) is 6.58 Å². The molecular weight excluding hydrogens is 246 g/mol. The van der Waals surface area contributed by atoms with Crippen LogP contribution in [-0.2, 0) is 0 Å². The van der Waals surface area contributed by atoms with Gasteiger partial charge in [-0.05, 0) is 19.1 Å². The van der Waals surface area contributed by atoms with Crippen LogP contribution in [0.1, 0.15) is 11.5 Å². The first-order valence-corrected chi connectivity index (χ1v) is 4.75. The smallest absolute Gasteiger partial charge is 0.258 e. The summed E-state index contributed by atoms with van der Waals surface area (Å²) in [5, 5.41) is 10.7. The minimum atomic E-state index is -0.413. The molecule has 0 spiro atoms. The molecule has 1 radical (unpaired) electrons. The maximum absolute atomic E-state index is 10.7. The number of nitro benzene ring substituents is 1. The van der Waals surface area contributed by atoms with Crippen molar-refractivity contribution >= 4 is 21.6 Å². The van der Waals surface area contributed by atoms with E-state index < -0.39 is 4.92 Å². The van der Waals surface area contributed by atoms with Crippen molar-refractivity contribution in [1.29, 1.82) is 0 Å². The zero-order valence-electron chi connectivity index (χ0n) is 7.44. The van der Waals surface area contributed by atoms with E-state index >= 15 is 0 Å². The molecule has 0 bridgehead atoms. The molecule has 1 rings (SSSR count). The van der Waals surface area contributed by atoms with Crippen LogP contribution in [0.5, 0.6) is 0 Å². The van der Waals surface area contributed by atoms with Gasteiger partial charge in [0.1, 0.15) is 0 Å². The molecule has 0 N–H and O–H groups in total. The minimum Gasteiger partial charge on any atom is -0.258 e. The normalized spacial score (nSPS) is 12.1. The third-order valence-corrected chi connectivity index (χ3v) is 2.36. The summed E-state index contributed by atoms with van der Waals surface area (Å²) < 4.78 is 0.800. The van der Waals surface area contributed by atoms with Gasteiger partial charge in [0.15, 0.2) is 0 Å². The maximum Gasteiger partial charge on any atom is 0.273 e. The number of hydrogen-bond acceptors (Lipinski definition) is 2. The van der Waals surface area contributed by atoms with Gasteiger partial charge in [-0.1, -0.05) is 22.0 Å². The van der Waals surface area contributed by atoms with E-state index in [4.69, 9.17) is 0 Å². The second-order valence-electron chi connectivity index (χ2n) is 2.80. The van der Waals surface area contributed by atoms with Crippen LogP contribution in [0.3, 0.4) is 0 Å². The Morgan fingerprint density at radius 3 is 2.71 bits per heavy atom. The van der Waals surface area contributed by atoms with E-state index in [1.165, 1.54) is 6.07 Å². The second kappa shape index (κ2) is 4.37. The first-order chi connectivity index (χ1) is 6.56. The molecule has 1 atom stereocenters. The highest BCUT2D eigenvalue weighted by molar-refractivity contribution is 9.10. The topological polar surface area (TPSA) is 43.1 Å². The lowest BCUT2D eigenvalue weighted by Crippen LogP contribution is -1.97. The molecule has 0 aliphatic heterocycles. The number of hydrogen-bond donors (Lipinski definition) is 0. The van der Waals surface area contributed by atoms with Crippen LogP contribution in [0, 0.1) is 17.0 Å². The summed E-state index contributed by atoms with van der Waals surface area (Å²) in [5.41, 5.74) is 0.646. The fourth-order valence-electron chi connectivity index (χ4n) is 1.12. The van der Waals surface area contributed by atoms with E-state index in [9.17, 15) is 10.1 Å². The van der Waals surface area contributed by atoms with E-state index in [0.717, 1.165) is 4.47 Å². The molecule has 1 aromatic rings. The van der Waals surface area contributed by atoms with Crippen LogP contribution in [-0.4, -0.2) is 4.92 Å². The Bertz CT molecular complexity index is 376. The summed E-state index contributed by atoms with van der Waals surface area (Å²) in [7, 11) is 0. The largest absolute Gasteiger partial charge is 0.273 e. The molecule has 0 aliphatic carbocycles. The molecule has 0 heterocycles. The molecule has 0 fully saturated rings. The number of allylic oxidation sites excluding steroid dienone is 1. The van der Waals surface area contributed by atoms with Crippen LogP contribution in [0.4, 0.5) is 5.69 Å². The number of benzene rings is 1. The van der Waals surface area contributed by atoms with Crippen LogP contribution < -0.4 is 0 Å². The Labute approximate surface area is 90.7 Å². The minimum absolute atomic E-state index is 0.0769. The molecule has 1 unspecified atom stereocenters. The van der Waals surface area contributed by atoms with Gasteiger partial charge in [0.2, 0.25) is 0 Å². The molecular formula is C10H9BrNO2. The highest BCUT2D eigenvalue weighted by Gasteiger charge is 2.16. The average molecular weight is 255 g/mol. The van der Waals surface area contributed by atoms with Gasteiger partial charge in [-0.2, -0.15) is 0 Å². The first-order valence-electron chi connectivity index (χ1n) is 3.95. The summed E-state index contributed by atoms with van der Waals surface area (Å²) in [4.78, 5) is 10.3. The van der Waals surface area contributed by atoms with Crippen molar-refractivity contribution in [2.45, 2.75) is 5.92 Å². The monoisotopic (exact) mass is 254 g/mol. The molecule has 14 heavy (non-hydrogen) atoms. The van der Waals surface area contributed by atoms with Gasteiger partial charge in [-0.3, -0.25) is 10.1 Å². The van der Waals surface area contributed by atoms with Crippen molar-refractivity contribution in [1.82, 2.24) is 0 Å². The van der Waals surface area contributed by atoms with Gasteiger partial charge in [-0.25, -0.2) is 0 Å². The molecule has 0 saturated heterocycles. The Hall–Kier alpha value is -1.16. The van der Waals surface area contributed by atoms with Crippen molar-refractivity contribution in [2.75, 3.05) is 0 Å². The van der Waals surface area contributed by atoms with E-state index in [1.807, 2.05) is 0 Å². The summed E-state index contributed by atoms with van der Waals surface area (Å²) in [6, 6.07) is 4.79. The summed E-state index contributed by atoms with van der Waals surface area (Å²) >= 11 is 3.26. The van der Waals surface area contributed by atoms with Gasteiger partial charge >= 0.3 is 0 Å². The first kappa shape index (κ1) is 10.9. The van der Waals surface area contributed by atoms with Crippen molar-refractivity contribution in [3.05, 3.63) is 57.9 Å². The quantitative estimate of drug-likeness (QED) is 0.471. The fourth-order valence-corrected chi connectivity index (χ4v) is 1.49. The van der Waals surface area contributed by atoms with Crippen LogP contribution in [0.2, 0.25) is 0 Å². The van der Waals surface area contributed by atoms with Crippen molar-refractivity contribution < 1.29 is 4.92 Å². The van der Waals surface area contributed by atoms with Gasteiger partial charge in [0, 0.05) is 22.0 Å². The number of nitro groups is 1. The van der Waals surface area contributed by atoms with E-state index in [-0.39, 0.29) is 11.6 Å². The van der Waals surface area contributed by atoms with Crippen molar-refractivity contribution in [2.24, 2.45) is 0 Å². The van der Waals surface area contributed by atoms with Crippen LogP contribution >= 0.6 is 15.9 Å². The van der Waals surface area contributed by atoms with Crippen molar-refractivity contribution in [3.63, 3.8) is 0 Å². The van der Waals surface area contributed by atoms with E-state index in [2.05, 4.69) is 29.4 Å². The average Bonchev–Trinajstić information content (AvgIpc) is 2.16. The lowest BCUT2D eigenvalue weighted by atomic mass is 10.00. The SMILES string of the molecule is [CH2]C(C=C)c1cc(Br)ccc1[N+](=O)[O-].